The molecule has 0 atom stereocenters. The molecule has 0 unspecified atom stereocenters. The van der Waals surface area contributed by atoms with Crippen molar-refractivity contribution in [1.29, 1.82) is 0 Å². The van der Waals surface area contributed by atoms with E-state index in [0.29, 0.717) is 40.0 Å². The molecule has 0 aliphatic rings. The van der Waals surface area contributed by atoms with Crippen molar-refractivity contribution in [2.75, 3.05) is 6.61 Å². The third-order valence-electron chi connectivity index (χ3n) is 5.20. The van der Waals surface area contributed by atoms with Crippen LogP contribution in [0.4, 0.5) is 0 Å². The molecule has 0 amide bonds. The Bertz CT molecular complexity index is 1350. The molecule has 160 valence electrons. The molecule has 6 nitrogen and oxygen atoms in total. The third-order valence-corrected chi connectivity index (χ3v) is 5.20. The van der Waals surface area contributed by atoms with Gasteiger partial charge in [0.2, 0.25) is 0 Å². The summed E-state index contributed by atoms with van der Waals surface area (Å²) in [6, 6.07) is 19.0. The van der Waals surface area contributed by atoms with E-state index in [1.165, 1.54) is 6.26 Å². The molecule has 0 spiro atoms. The van der Waals surface area contributed by atoms with Crippen LogP contribution in [-0.2, 0) is 16.1 Å². The maximum atomic E-state index is 11.9. The molecule has 4 rings (SSSR count). The van der Waals surface area contributed by atoms with Gasteiger partial charge in [-0.1, -0.05) is 55.6 Å². The van der Waals surface area contributed by atoms with Crippen LogP contribution in [0.2, 0.25) is 0 Å². The molecule has 0 aliphatic heterocycles. The van der Waals surface area contributed by atoms with E-state index in [2.05, 4.69) is 17.7 Å². The van der Waals surface area contributed by atoms with Gasteiger partial charge in [-0.2, -0.15) is 0 Å². The predicted octanol–water partition coefficient (Wildman–Crippen LogP) is 5.25. The van der Waals surface area contributed by atoms with E-state index in [-0.39, 0.29) is 0 Å². The van der Waals surface area contributed by atoms with Gasteiger partial charge in [0.15, 0.2) is 12.9 Å². The first-order chi connectivity index (χ1) is 15.5. The van der Waals surface area contributed by atoms with Gasteiger partial charge in [-0.25, -0.2) is 4.79 Å². The number of nitrogens with zero attached hydrogens (tertiary/aromatic N) is 1. The summed E-state index contributed by atoms with van der Waals surface area (Å²) >= 11 is 0. The lowest BCUT2D eigenvalue weighted by Gasteiger charge is -2.12. The number of hydrogen-bond acceptors (Lipinski definition) is 4. The standard InChI is InChI=1S/C26H21NO5/c1-3-31-17(2)20-12-22-26(23(13-20)32-16-24(29)30)25-19(15-28)10-7-11-21(25)27(22)14-18-8-5-4-6-9-18/h3-13,15H,1-2,14,16H2,(H,29,30). The van der Waals surface area contributed by atoms with Gasteiger partial charge in [-0.05, 0) is 23.8 Å². The number of aromatic nitrogens is 1. The fourth-order valence-electron chi connectivity index (χ4n) is 3.87. The number of ether oxygens (including phenoxy) is 2. The zero-order chi connectivity index (χ0) is 22.7. The molecule has 0 saturated heterocycles. The Labute approximate surface area is 184 Å². The highest BCUT2D eigenvalue weighted by Crippen LogP contribution is 2.40. The smallest absolute Gasteiger partial charge is 0.341 e. The van der Waals surface area contributed by atoms with Crippen molar-refractivity contribution in [2.24, 2.45) is 0 Å². The minimum Gasteiger partial charge on any atom is -0.481 e. The van der Waals surface area contributed by atoms with Crippen LogP contribution >= 0.6 is 0 Å². The highest BCUT2D eigenvalue weighted by atomic mass is 16.5. The summed E-state index contributed by atoms with van der Waals surface area (Å²) in [5, 5.41) is 10.5. The maximum Gasteiger partial charge on any atom is 0.341 e. The van der Waals surface area contributed by atoms with Crippen LogP contribution in [0.25, 0.3) is 27.6 Å². The zero-order valence-electron chi connectivity index (χ0n) is 17.3. The van der Waals surface area contributed by atoms with Crippen molar-refractivity contribution >= 4 is 39.8 Å². The normalized spacial score (nSPS) is 10.8. The van der Waals surface area contributed by atoms with E-state index in [1.807, 2.05) is 48.5 Å². The zero-order valence-corrected chi connectivity index (χ0v) is 17.3. The number of aldehydes is 1. The molecular formula is C26H21NO5. The minimum absolute atomic E-state index is 0.333. The SMILES string of the molecule is C=COC(=C)c1cc(OCC(=O)O)c2c3c(C=O)cccc3n(Cc3ccccc3)c2c1. The summed E-state index contributed by atoms with van der Waals surface area (Å²) < 4.78 is 13.1. The van der Waals surface area contributed by atoms with E-state index >= 15 is 0 Å². The largest absolute Gasteiger partial charge is 0.481 e. The minimum atomic E-state index is -1.10. The lowest BCUT2D eigenvalue weighted by atomic mass is 10.0. The first kappa shape index (κ1) is 20.9. The Morgan fingerprint density at radius 2 is 1.81 bits per heavy atom. The molecule has 4 aromatic rings. The van der Waals surface area contributed by atoms with Gasteiger partial charge in [0.25, 0.3) is 0 Å². The van der Waals surface area contributed by atoms with Crippen molar-refractivity contribution in [2.45, 2.75) is 6.54 Å². The van der Waals surface area contributed by atoms with Gasteiger partial charge in [-0.15, -0.1) is 0 Å². The van der Waals surface area contributed by atoms with Gasteiger partial charge >= 0.3 is 5.97 Å². The first-order valence-electron chi connectivity index (χ1n) is 9.93. The van der Waals surface area contributed by atoms with Crippen molar-refractivity contribution in [1.82, 2.24) is 4.57 Å². The number of aliphatic carboxylic acids is 1. The van der Waals surface area contributed by atoms with Crippen LogP contribution in [0.3, 0.4) is 0 Å². The summed E-state index contributed by atoms with van der Waals surface area (Å²) in [6.45, 7) is 7.51. The molecule has 1 aromatic heterocycles. The van der Waals surface area contributed by atoms with Gasteiger partial charge in [-0.3, -0.25) is 4.79 Å². The number of fused-ring (bicyclic) bond motifs is 3. The maximum absolute atomic E-state index is 11.9. The molecule has 0 aliphatic carbocycles. The van der Waals surface area contributed by atoms with Gasteiger partial charge in [0, 0.05) is 23.1 Å². The summed E-state index contributed by atoms with van der Waals surface area (Å²) in [5.74, 6) is -0.428. The quantitative estimate of drug-likeness (QED) is 0.292. The molecular weight excluding hydrogens is 406 g/mol. The van der Waals surface area contributed by atoms with Crippen LogP contribution in [0, 0.1) is 0 Å². The Balaban J connectivity index is 2.07. The van der Waals surface area contributed by atoms with Crippen LogP contribution in [0.1, 0.15) is 21.5 Å². The Kier molecular flexibility index (Phi) is 5.77. The Hall–Kier alpha value is -4.32. The third kappa shape index (κ3) is 3.86. The summed E-state index contributed by atoms with van der Waals surface area (Å²) in [6.07, 6.45) is 2.07. The van der Waals surface area contributed by atoms with E-state index in [9.17, 15) is 14.7 Å². The molecule has 32 heavy (non-hydrogen) atoms. The summed E-state index contributed by atoms with van der Waals surface area (Å²) in [5.41, 5.74) is 3.78. The van der Waals surface area contributed by atoms with E-state index in [4.69, 9.17) is 9.47 Å². The van der Waals surface area contributed by atoms with Crippen molar-refractivity contribution in [3.63, 3.8) is 0 Å². The molecule has 1 heterocycles. The number of carbonyl (C=O) groups excluding carboxylic acids is 1. The lowest BCUT2D eigenvalue weighted by molar-refractivity contribution is -0.139. The Morgan fingerprint density at radius 1 is 1.03 bits per heavy atom. The fourth-order valence-corrected chi connectivity index (χ4v) is 3.87. The van der Waals surface area contributed by atoms with Gasteiger partial charge in [0.05, 0.1) is 22.7 Å². The Morgan fingerprint density at radius 3 is 2.50 bits per heavy atom. The highest BCUT2D eigenvalue weighted by molar-refractivity contribution is 6.17. The number of carbonyl (C=O) groups is 2. The lowest BCUT2D eigenvalue weighted by Crippen LogP contribution is -2.10. The first-order valence-corrected chi connectivity index (χ1v) is 9.93. The summed E-state index contributed by atoms with van der Waals surface area (Å²) in [7, 11) is 0. The predicted molar refractivity (Wildman–Crippen MR) is 124 cm³/mol. The van der Waals surface area contributed by atoms with Crippen molar-refractivity contribution in [3.8, 4) is 5.75 Å². The fraction of sp³-hybridized carbons (Fsp3) is 0.0769. The van der Waals surface area contributed by atoms with E-state index in [0.717, 1.165) is 22.9 Å². The average molecular weight is 427 g/mol. The molecule has 6 heteroatoms. The molecule has 0 bridgehead atoms. The van der Waals surface area contributed by atoms with E-state index in [1.54, 1.807) is 12.1 Å². The van der Waals surface area contributed by atoms with Crippen LogP contribution in [0.15, 0.2) is 80.1 Å². The molecule has 0 saturated carbocycles. The van der Waals surface area contributed by atoms with Crippen LogP contribution < -0.4 is 4.74 Å². The second kappa shape index (κ2) is 8.81. The monoisotopic (exact) mass is 427 g/mol. The number of carboxylic acid groups (broad SMARTS) is 1. The van der Waals surface area contributed by atoms with Crippen molar-refractivity contribution < 1.29 is 24.2 Å². The second-order valence-corrected chi connectivity index (χ2v) is 7.19. The number of carboxylic acids is 1. The number of hydrogen-bond donors (Lipinski definition) is 1. The molecule has 3 aromatic carbocycles. The van der Waals surface area contributed by atoms with Crippen LogP contribution in [0.5, 0.6) is 5.75 Å². The topological polar surface area (TPSA) is 77.8 Å². The van der Waals surface area contributed by atoms with Gasteiger partial charge in [0.1, 0.15) is 11.5 Å². The van der Waals surface area contributed by atoms with Crippen molar-refractivity contribution in [3.05, 3.63) is 96.8 Å². The van der Waals surface area contributed by atoms with Gasteiger partial charge < -0.3 is 19.1 Å². The molecule has 0 fully saturated rings. The highest BCUT2D eigenvalue weighted by Gasteiger charge is 2.20. The van der Waals surface area contributed by atoms with Crippen LogP contribution in [-0.4, -0.2) is 28.5 Å². The molecule has 0 radical (unpaired) electrons. The summed E-state index contributed by atoms with van der Waals surface area (Å²) in [4.78, 5) is 23.1. The second-order valence-electron chi connectivity index (χ2n) is 7.19. The average Bonchev–Trinajstić information content (AvgIpc) is 3.12. The van der Waals surface area contributed by atoms with E-state index < -0.39 is 12.6 Å². The molecule has 1 N–H and O–H groups in total. The number of benzene rings is 3. The number of rotatable bonds is 9.